The van der Waals surface area contributed by atoms with Crippen LogP contribution in [0.3, 0.4) is 0 Å². The van der Waals surface area contributed by atoms with Gasteiger partial charge in [0.2, 0.25) is 11.8 Å². The normalized spacial score (nSPS) is 22.8. The Hall–Kier alpha value is -5.19. The maximum absolute atomic E-state index is 13.5. The lowest BCUT2D eigenvalue weighted by Gasteiger charge is -2.40. The van der Waals surface area contributed by atoms with Gasteiger partial charge in [-0.15, -0.1) is 0 Å². The third kappa shape index (κ3) is 8.64. The van der Waals surface area contributed by atoms with E-state index in [0.717, 1.165) is 114 Å². The Kier molecular flexibility index (Phi) is 11.6. The first-order chi connectivity index (χ1) is 28.1. The number of halogens is 1. The van der Waals surface area contributed by atoms with E-state index >= 15 is 0 Å². The summed E-state index contributed by atoms with van der Waals surface area (Å²) < 4.78 is 0. The Bertz CT molecular complexity index is 2050. The van der Waals surface area contributed by atoms with Crippen molar-refractivity contribution >= 4 is 52.3 Å². The van der Waals surface area contributed by atoms with Crippen molar-refractivity contribution in [3.8, 4) is 6.07 Å². The fourth-order valence-electron chi connectivity index (χ4n) is 9.68. The van der Waals surface area contributed by atoms with Crippen molar-refractivity contribution in [3.63, 3.8) is 0 Å². The summed E-state index contributed by atoms with van der Waals surface area (Å²) in [6.07, 6.45) is 7.58. The number of imide groups is 1. The first-order valence-electron chi connectivity index (χ1n) is 20.7. The van der Waals surface area contributed by atoms with Crippen LogP contribution in [-0.4, -0.2) is 116 Å². The van der Waals surface area contributed by atoms with Crippen LogP contribution in [0.1, 0.15) is 78.3 Å². The van der Waals surface area contributed by atoms with E-state index in [1.807, 2.05) is 41.3 Å². The van der Waals surface area contributed by atoms with E-state index < -0.39 is 17.9 Å². The molecule has 0 aliphatic carbocycles. The van der Waals surface area contributed by atoms with Gasteiger partial charge < -0.3 is 24.9 Å². The molecule has 0 bridgehead atoms. The molecular weight excluding hydrogens is 754 g/mol. The number of piperazine rings is 1. The summed E-state index contributed by atoms with van der Waals surface area (Å²) >= 11 is 6.38. The van der Waals surface area contributed by atoms with E-state index in [1.165, 1.54) is 5.69 Å². The highest BCUT2D eigenvalue weighted by molar-refractivity contribution is 6.32. The molecule has 6 heterocycles. The average Bonchev–Trinajstić information content (AvgIpc) is 3.57. The monoisotopic (exact) mass is 805 g/mol. The van der Waals surface area contributed by atoms with E-state index in [1.54, 1.807) is 12.3 Å². The number of hydrogen-bond acceptors (Lipinski definition) is 10. The predicted octanol–water partition coefficient (Wildman–Crippen LogP) is 4.70. The zero-order chi connectivity index (χ0) is 40.4. The first-order valence-corrected chi connectivity index (χ1v) is 21.1. The number of pyridine rings is 1. The summed E-state index contributed by atoms with van der Waals surface area (Å²) in [6.45, 7) is 11.5. The zero-order valence-corrected chi connectivity index (χ0v) is 33.9. The van der Waals surface area contributed by atoms with Gasteiger partial charge in [-0.2, -0.15) is 5.26 Å². The standard InChI is InChI=1S/C44H52ClN9O4/c1-30-25-44(29-54(30)35-7-4-33(26-46)37(45)24-35)14-18-51(19-15-44)34-5-2-32(3-6-34)43(58)53-16-12-31(13-17-53)28-50-20-22-52(23-21-50)36-8-9-38(47-27-36)41(56)48-39-10-11-40(55)49-42(39)57/h2-9,24,27,30-31,39H,10-23,25,28-29H2,1H3,(H,48,56)(H,49,55,57). The Labute approximate surface area is 345 Å². The molecule has 4 amide bonds. The van der Waals surface area contributed by atoms with E-state index in [0.29, 0.717) is 22.5 Å². The summed E-state index contributed by atoms with van der Waals surface area (Å²) in [7, 11) is 0. The summed E-state index contributed by atoms with van der Waals surface area (Å²) in [6, 6.07) is 19.4. The molecule has 58 heavy (non-hydrogen) atoms. The van der Waals surface area contributed by atoms with Crippen molar-refractivity contribution in [3.05, 3.63) is 82.6 Å². The number of anilines is 3. The van der Waals surface area contributed by atoms with Crippen molar-refractivity contribution in [1.29, 1.82) is 5.26 Å². The molecule has 0 radical (unpaired) electrons. The summed E-state index contributed by atoms with van der Waals surface area (Å²) in [5.41, 5.74) is 5.00. The molecule has 8 rings (SSSR count). The van der Waals surface area contributed by atoms with Crippen LogP contribution in [-0.2, 0) is 9.59 Å². The smallest absolute Gasteiger partial charge is 0.270 e. The third-order valence-electron chi connectivity index (χ3n) is 13.2. The van der Waals surface area contributed by atoms with E-state index in [4.69, 9.17) is 11.6 Å². The van der Waals surface area contributed by atoms with Crippen LogP contribution in [0.4, 0.5) is 17.1 Å². The number of nitrogens with one attached hydrogen (secondary N) is 2. The second-order valence-electron chi connectivity index (χ2n) is 16.9. The van der Waals surface area contributed by atoms with Crippen LogP contribution in [0.15, 0.2) is 60.8 Å². The number of nitrogens with zero attached hydrogens (tertiary/aromatic N) is 7. The molecule has 1 aromatic heterocycles. The molecule has 0 saturated carbocycles. The number of piperidine rings is 3. The predicted molar refractivity (Wildman–Crippen MR) is 223 cm³/mol. The fourth-order valence-corrected chi connectivity index (χ4v) is 9.90. The van der Waals surface area contributed by atoms with Crippen LogP contribution in [0.25, 0.3) is 0 Å². The third-order valence-corrected chi connectivity index (χ3v) is 13.5. The number of carbonyl (C=O) groups is 4. The minimum absolute atomic E-state index is 0.118. The van der Waals surface area contributed by atoms with Gasteiger partial charge >= 0.3 is 0 Å². The number of amides is 4. The lowest BCUT2D eigenvalue weighted by molar-refractivity contribution is -0.134. The number of nitriles is 1. The van der Waals surface area contributed by atoms with Gasteiger partial charge in [0.05, 0.1) is 22.5 Å². The summed E-state index contributed by atoms with van der Waals surface area (Å²) in [5, 5.41) is 14.7. The number of carbonyl (C=O) groups excluding carboxylic acids is 4. The highest BCUT2D eigenvalue weighted by Crippen LogP contribution is 2.46. The zero-order valence-electron chi connectivity index (χ0n) is 33.2. The Morgan fingerprint density at radius 1 is 0.897 bits per heavy atom. The van der Waals surface area contributed by atoms with Crippen molar-refractivity contribution in [2.75, 3.05) is 80.1 Å². The fraction of sp³-hybridized carbons (Fsp3) is 0.500. The number of hydrogen-bond donors (Lipinski definition) is 2. The van der Waals surface area contributed by atoms with Gasteiger partial charge in [-0.05, 0) is 111 Å². The SMILES string of the molecule is CC1CC2(CCN(c3ccc(C(=O)N4CCC(CN5CCN(c6ccc(C(=O)NC7CCC(=O)NC7=O)nc6)CC5)CC4)cc3)CC2)CN1c1ccc(C#N)c(Cl)c1. The maximum Gasteiger partial charge on any atom is 0.270 e. The van der Waals surface area contributed by atoms with Gasteiger partial charge in [0.15, 0.2) is 0 Å². The van der Waals surface area contributed by atoms with E-state index in [-0.39, 0.29) is 35.8 Å². The highest BCUT2D eigenvalue weighted by Gasteiger charge is 2.44. The van der Waals surface area contributed by atoms with Crippen LogP contribution in [0.2, 0.25) is 5.02 Å². The molecule has 3 aromatic rings. The summed E-state index contributed by atoms with van der Waals surface area (Å²) in [4.78, 5) is 65.7. The number of benzene rings is 2. The lowest BCUT2D eigenvalue weighted by atomic mass is 9.76. The molecule has 2 aromatic carbocycles. The van der Waals surface area contributed by atoms with Crippen LogP contribution < -0.4 is 25.3 Å². The average molecular weight is 806 g/mol. The largest absolute Gasteiger partial charge is 0.371 e. The van der Waals surface area contributed by atoms with Gasteiger partial charge in [-0.1, -0.05) is 11.6 Å². The van der Waals surface area contributed by atoms with Crippen LogP contribution in [0, 0.1) is 22.7 Å². The van der Waals surface area contributed by atoms with Gasteiger partial charge in [0.1, 0.15) is 17.8 Å². The van der Waals surface area contributed by atoms with Gasteiger partial charge in [0, 0.05) is 94.8 Å². The Balaban J connectivity index is 0.749. The molecule has 5 aliphatic rings. The number of likely N-dealkylation sites (tertiary alicyclic amines) is 1. The number of rotatable bonds is 8. The molecule has 5 fully saturated rings. The van der Waals surface area contributed by atoms with E-state index in [9.17, 15) is 24.4 Å². The Morgan fingerprint density at radius 3 is 2.24 bits per heavy atom. The maximum atomic E-state index is 13.5. The molecule has 2 unspecified atom stereocenters. The van der Waals surface area contributed by atoms with Gasteiger partial charge in [-0.3, -0.25) is 29.4 Å². The van der Waals surface area contributed by atoms with Gasteiger partial charge in [0.25, 0.3) is 11.8 Å². The van der Waals surface area contributed by atoms with Crippen molar-refractivity contribution in [2.45, 2.75) is 64.0 Å². The molecule has 2 atom stereocenters. The van der Waals surface area contributed by atoms with Crippen LogP contribution in [0.5, 0.6) is 0 Å². The molecule has 5 aliphatic heterocycles. The second kappa shape index (κ2) is 17.0. The second-order valence-corrected chi connectivity index (χ2v) is 17.3. The van der Waals surface area contributed by atoms with E-state index in [2.05, 4.69) is 60.3 Å². The quantitative estimate of drug-likeness (QED) is 0.308. The summed E-state index contributed by atoms with van der Waals surface area (Å²) in [5.74, 6) is -0.561. The molecule has 5 saturated heterocycles. The van der Waals surface area contributed by atoms with Crippen molar-refractivity contribution in [2.24, 2.45) is 11.3 Å². The minimum Gasteiger partial charge on any atom is -0.371 e. The molecule has 14 heteroatoms. The molecule has 304 valence electrons. The molecule has 13 nitrogen and oxygen atoms in total. The van der Waals surface area contributed by atoms with Crippen molar-refractivity contribution < 1.29 is 19.2 Å². The molecular formula is C44H52ClN9O4. The molecule has 1 spiro atoms. The minimum atomic E-state index is -0.732. The topological polar surface area (TPSA) is 145 Å². The first kappa shape index (κ1) is 39.6. The van der Waals surface area contributed by atoms with Crippen molar-refractivity contribution in [1.82, 2.24) is 25.4 Å². The highest BCUT2D eigenvalue weighted by atomic mass is 35.5. The lowest BCUT2D eigenvalue weighted by Crippen LogP contribution is -2.52. The van der Waals surface area contributed by atoms with Gasteiger partial charge in [-0.25, -0.2) is 4.98 Å². The Morgan fingerprint density at radius 2 is 1.59 bits per heavy atom. The van der Waals surface area contributed by atoms with Crippen LogP contribution >= 0.6 is 11.6 Å². The number of aromatic nitrogens is 1. The molecule has 2 N–H and O–H groups in total.